The van der Waals surface area contributed by atoms with Crippen molar-refractivity contribution in [2.24, 2.45) is 0 Å². The van der Waals surface area contributed by atoms with E-state index in [0.29, 0.717) is 13.0 Å². The van der Waals surface area contributed by atoms with Crippen molar-refractivity contribution in [3.05, 3.63) is 30.1 Å². The van der Waals surface area contributed by atoms with Gasteiger partial charge in [0.2, 0.25) is 5.91 Å². The van der Waals surface area contributed by atoms with E-state index in [1.54, 1.807) is 6.20 Å². The SMILES string of the molecule is CC(C)(C)NC(=O)CCNCc1c[nH]c2ncccc12. The summed E-state index contributed by atoms with van der Waals surface area (Å²) < 4.78 is 0. The highest BCUT2D eigenvalue weighted by Crippen LogP contribution is 2.14. The van der Waals surface area contributed by atoms with Gasteiger partial charge in [-0.1, -0.05) is 0 Å². The molecule has 0 bridgehead atoms. The topological polar surface area (TPSA) is 69.8 Å². The summed E-state index contributed by atoms with van der Waals surface area (Å²) >= 11 is 0. The van der Waals surface area contributed by atoms with Gasteiger partial charge in [-0.15, -0.1) is 0 Å². The molecule has 0 saturated carbocycles. The zero-order chi connectivity index (χ0) is 14.6. The van der Waals surface area contributed by atoms with Crippen molar-refractivity contribution in [2.45, 2.75) is 39.3 Å². The van der Waals surface area contributed by atoms with Gasteiger partial charge in [-0.25, -0.2) is 4.98 Å². The van der Waals surface area contributed by atoms with Crippen LogP contribution in [0.5, 0.6) is 0 Å². The predicted octanol–water partition coefficient (Wildman–Crippen LogP) is 1.96. The average Bonchev–Trinajstić information content (AvgIpc) is 2.76. The van der Waals surface area contributed by atoms with Crippen molar-refractivity contribution in [1.82, 2.24) is 20.6 Å². The van der Waals surface area contributed by atoms with Crippen LogP contribution in [0.3, 0.4) is 0 Å². The Labute approximate surface area is 119 Å². The van der Waals surface area contributed by atoms with Gasteiger partial charge in [0.05, 0.1) is 0 Å². The third-order valence-electron chi connectivity index (χ3n) is 2.90. The lowest BCUT2D eigenvalue weighted by atomic mass is 10.1. The molecule has 0 radical (unpaired) electrons. The molecule has 20 heavy (non-hydrogen) atoms. The number of aromatic amines is 1. The fraction of sp³-hybridized carbons (Fsp3) is 0.467. The summed E-state index contributed by atoms with van der Waals surface area (Å²) in [5.41, 5.74) is 1.90. The monoisotopic (exact) mass is 274 g/mol. The molecule has 0 aliphatic carbocycles. The molecule has 0 fully saturated rings. The number of amides is 1. The van der Waals surface area contributed by atoms with E-state index >= 15 is 0 Å². The normalized spacial score (nSPS) is 11.8. The molecule has 0 aliphatic rings. The van der Waals surface area contributed by atoms with E-state index in [2.05, 4.69) is 20.6 Å². The Hall–Kier alpha value is -1.88. The number of nitrogens with one attached hydrogen (secondary N) is 3. The van der Waals surface area contributed by atoms with Gasteiger partial charge in [-0.3, -0.25) is 4.79 Å². The van der Waals surface area contributed by atoms with Crippen LogP contribution < -0.4 is 10.6 Å². The van der Waals surface area contributed by atoms with Crippen LogP contribution >= 0.6 is 0 Å². The molecule has 0 aromatic carbocycles. The molecule has 2 aromatic rings. The maximum Gasteiger partial charge on any atom is 0.221 e. The van der Waals surface area contributed by atoms with Gasteiger partial charge >= 0.3 is 0 Å². The highest BCUT2D eigenvalue weighted by Gasteiger charge is 2.13. The van der Waals surface area contributed by atoms with E-state index in [9.17, 15) is 4.79 Å². The number of H-pyrrole nitrogens is 1. The summed E-state index contributed by atoms with van der Waals surface area (Å²) in [6.45, 7) is 7.34. The Bertz CT molecular complexity index is 583. The summed E-state index contributed by atoms with van der Waals surface area (Å²) in [6.07, 6.45) is 4.21. The number of hydrogen-bond donors (Lipinski definition) is 3. The fourth-order valence-corrected chi connectivity index (χ4v) is 2.06. The highest BCUT2D eigenvalue weighted by atomic mass is 16.1. The second-order valence-corrected chi connectivity index (χ2v) is 5.94. The Morgan fingerprint density at radius 2 is 2.20 bits per heavy atom. The molecule has 2 aromatic heterocycles. The third kappa shape index (κ3) is 4.06. The Morgan fingerprint density at radius 3 is 2.95 bits per heavy atom. The molecule has 0 saturated heterocycles. The third-order valence-corrected chi connectivity index (χ3v) is 2.90. The van der Waals surface area contributed by atoms with Gasteiger partial charge in [0, 0.05) is 42.8 Å². The molecule has 0 aliphatic heterocycles. The first-order chi connectivity index (χ1) is 9.46. The molecule has 2 rings (SSSR count). The van der Waals surface area contributed by atoms with E-state index in [0.717, 1.165) is 17.6 Å². The van der Waals surface area contributed by atoms with E-state index in [1.165, 1.54) is 5.56 Å². The van der Waals surface area contributed by atoms with Crippen LogP contribution in [0, 0.1) is 0 Å². The van der Waals surface area contributed by atoms with Crippen molar-refractivity contribution in [1.29, 1.82) is 0 Å². The lowest BCUT2D eigenvalue weighted by Gasteiger charge is -2.20. The summed E-state index contributed by atoms with van der Waals surface area (Å²) in [5, 5.41) is 7.36. The summed E-state index contributed by atoms with van der Waals surface area (Å²) in [5.74, 6) is 0.0746. The van der Waals surface area contributed by atoms with Crippen LogP contribution in [0.15, 0.2) is 24.5 Å². The van der Waals surface area contributed by atoms with E-state index in [1.807, 2.05) is 39.1 Å². The van der Waals surface area contributed by atoms with Gasteiger partial charge in [0.1, 0.15) is 5.65 Å². The molecule has 2 heterocycles. The first-order valence-corrected chi connectivity index (χ1v) is 6.88. The quantitative estimate of drug-likeness (QED) is 0.730. The van der Waals surface area contributed by atoms with Crippen LogP contribution in [0.2, 0.25) is 0 Å². The van der Waals surface area contributed by atoms with Crippen LogP contribution in [0.4, 0.5) is 0 Å². The van der Waals surface area contributed by atoms with Crippen LogP contribution in [0.25, 0.3) is 11.0 Å². The minimum absolute atomic E-state index is 0.0746. The number of pyridine rings is 1. The van der Waals surface area contributed by atoms with Crippen LogP contribution in [0.1, 0.15) is 32.8 Å². The van der Waals surface area contributed by atoms with E-state index in [4.69, 9.17) is 0 Å². The first kappa shape index (κ1) is 14.5. The molecule has 5 heteroatoms. The minimum Gasteiger partial charge on any atom is -0.351 e. The van der Waals surface area contributed by atoms with E-state index in [-0.39, 0.29) is 11.4 Å². The van der Waals surface area contributed by atoms with Crippen molar-refractivity contribution in [3.8, 4) is 0 Å². The number of hydrogen-bond acceptors (Lipinski definition) is 3. The largest absolute Gasteiger partial charge is 0.351 e. The molecular weight excluding hydrogens is 252 g/mol. The van der Waals surface area contributed by atoms with Gasteiger partial charge in [0.15, 0.2) is 0 Å². The number of rotatable bonds is 5. The number of carbonyl (C=O) groups excluding carboxylic acids is 1. The number of aromatic nitrogens is 2. The molecule has 0 unspecified atom stereocenters. The smallest absolute Gasteiger partial charge is 0.221 e. The van der Waals surface area contributed by atoms with Gasteiger partial charge in [0.25, 0.3) is 0 Å². The molecule has 3 N–H and O–H groups in total. The zero-order valence-electron chi connectivity index (χ0n) is 12.3. The Balaban J connectivity index is 1.78. The predicted molar refractivity (Wildman–Crippen MR) is 80.3 cm³/mol. The lowest BCUT2D eigenvalue weighted by Crippen LogP contribution is -2.41. The molecule has 108 valence electrons. The zero-order valence-corrected chi connectivity index (χ0v) is 12.3. The van der Waals surface area contributed by atoms with Gasteiger partial charge in [-0.2, -0.15) is 0 Å². The molecule has 1 amide bonds. The minimum atomic E-state index is -0.167. The second-order valence-electron chi connectivity index (χ2n) is 5.94. The van der Waals surface area contributed by atoms with Crippen molar-refractivity contribution < 1.29 is 4.79 Å². The Kier molecular flexibility index (Phi) is 4.39. The van der Waals surface area contributed by atoms with Crippen molar-refractivity contribution >= 4 is 16.9 Å². The first-order valence-electron chi connectivity index (χ1n) is 6.88. The van der Waals surface area contributed by atoms with Crippen molar-refractivity contribution in [2.75, 3.05) is 6.54 Å². The van der Waals surface area contributed by atoms with Gasteiger partial charge < -0.3 is 15.6 Å². The standard InChI is InChI=1S/C15H22N4O/c1-15(2,3)19-13(20)6-8-16-9-11-10-18-14-12(11)5-4-7-17-14/h4-5,7,10,16H,6,8-9H2,1-3H3,(H,17,18)(H,19,20). The Morgan fingerprint density at radius 1 is 1.40 bits per heavy atom. The molecule has 0 atom stereocenters. The summed E-state index contributed by atoms with van der Waals surface area (Å²) in [6, 6.07) is 3.97. The number of nitrogens with zero attached hydrogens (tertiary/aromatic N) is 1. The maximum absolute atomic E-state index is 11.7. The fourth-order valence-electron chi connectivity index (χ4n) is 2.06. The van der Waals surface area contributed by atoms with Gasteiger partial charge in [-0.05, 0) is 38.5 Å². The van der Waals surface area contributed by atoms with E-state index < -0.39 is 0 Å². The molecular formula is C15H22N4O. The van der Waals surface area contributed by atoms with Crippen LogP contribution in [-0.2, 0) is 11.3 Å². The molecule has 0 spiro atoms. The highest BCUT2D eigenvalue weighted by molar-refractivity contribution is 5.79. The van der Waals surface area contributed by atoms with Crippen molar-refractivity contribution in [3.63, 3.8) is 0 Å². The lowest BCUT2D eigenvalue weighted by molar-refractivity contribution is -0.122. The summed E-state index contributed by atoms with van der Waals surface area (Å²) in [4.78, 5) is 19.1. The second kappa shape index (κ2) is 6.05. The number of carbonyl (C=O) groups is 1. The van der Waals surface area contributed by atoms with Crippen LogP contribution in [-0.4, -0.2) is 28.0 Å². The maximum atomic E-state index is 11.7. The molecule has 5 nitrogen and oxygen atoms in total. The number of fused-ring (bicyclic) bond motifs is 1. The summed E-state index contributed by atoms with van der Waals surface area (Å²) in [7, 11) is 0. The average molecular weight is 274 g/mol.